The maximum Gasteiger partial charge on any atom is 0.273 e. The first kappa shape index (κ1) is 24.3. The standard InChI is InChI=1S/2C14H10FN3O/c2*15-11-6-4-10(5-7-11)12-9-14(19)18(17-12)13-3-1-2-8-16-13/h2*1-9,17H. The molecule has 0 bridgehead atoms. The molecule has 0 aliphatic carbocycles. The minimum atomic E-state index is -0.310. The number of hydrogen-bond donors (Lipinski definition) is 2. The van der Waals surface area contributed by atoms with E-state index >= 15 is 0 Å². The Kier molecular flexibility index (Phi) is 6.85. The summed E-state index contributed by atoms with van der Waals surface area (Å²) >= 11 is 0. The van der Waals surface area contributed by atoms with E-state index in [4.69, 9.17) is 0 Å². The highest BCUT2D eigenvalue weighted by Crippen LogP contribution is 2.17. The molecule has 0 fully saturated rings. The molecule has 0 spiro atoms. The van der Waals surface area contributed by atoms with Crippen LogP contribution in [0.15, 0.2) is 119 Å². The van der Waals surface area contributed by atoms with E-state index in [-0.39, 0.29) is 22.8 Å². The van der Waals surface area contributed by atoms with Gasteiger partial charge in [0.2, 0.25) is 0 Å². The number of benzene rings is 2. The Morgan fingerprint density at radius 1 is 0.553 bits per heavy atom. The van der Waals surface area contributed by atoms with Crippen LogP contribution in [0.5, 0.6) is 0 Å². The van der Waals surface area contributed by atoms with Crippen molar-refractivity contribution in [1.82, 2.24) is 29.5 Å². The summed E-state index contributed by atoms with van der Waals surface area (Å²) in [7, 11) is 0. The van der Waals surface area contributed by atoms with Gasteiger partial charge in [-0.3, -0.25) is 19.8 Å². The predicted molar refractivity (Wildman–Crippen MR) is 139 cm³/mol. The maximum absolute atomic E-state index is 12.9. The van der Waals surface area contributed by atoms with Gasteiger partial charge in [0.15, 0.2) is 11.6 Å². The second-order valence-corrected chi connectivity index (χ2v) is 8.08. The van der Waals surface area contributed by atoms with E-state index in [0.717, 1.165) is 11.1 Å². The van der Waals surface area contributed by atoms with Gasteiger partial charge in [-0.15, -0.1) is 0 Å². The smallest absolute Gasteiger partial charge is 0.273 e. The Bertz CT molecular complexity index is 1620. The molecule has 38 heavy (non-hydrogen) atoms. The maximum atomic E-state index is 12.9. The third-order valence-corrected chi connectivity index (χ3v) is 5.51. The summed E-state index contributed by atoms with van der Waals surface area (Å²) in [6.07, 6.45) is 3.22. The lowest BCUT2D eigenvalue weighted by molar-refractivity contribution is 0.627. The Labute approximate surface area is 214 Å². The van der Waals surface area contributed by atoms with Gasteiger partial charge >= 0.3 is 0 Å². The fourth-order valence-electron chi connectivity index (χ4n) is 3.66. The third-order valence-electron chi connectivity index (χ3n) is 5.51. The number of aromatic nitrogens is 6. The van der Waals surface area contributed by atoms with Crippen molar-refractivity contribution in [3.05, 3.63) is 142 Å². The zero-order valence-electron chi connectivity index (χ0n) is 19.8. The summed E-state index contributed by atoms with van der Waals surface area (Å²) in [4.78, 5) is 32.0. The van der Waals surface area contributed by atoms with E-state index in [1.807, 2.05) is 0 Å². The van der Waals surface area contributed by atoms with Crippen molar-refractivity contribution in [3.8, 4) is 34.2 Å². The van der Waals surface area contributed by atoms with E-state index in [9.17, 15) is 18.4 Å². The van der Waals surface area contributed by atoms with Gasteiger partial charge in [-0.1, -0.05) is 12.1 Å². The van der Waals surface area contributed by atoms with Gasteiger partial charge in [0.05, 0.1) is 11.4 Å². The zero-order chi connectivity index (χ0) is 26.5. The first-order valence-electron chi connectivity index (χ1n) is 11.5. The van der Waals surface area contributed by atoms with Crippen molar-refractivity contribution in [2.45, 2.75) is 0 Å². The van der Waals surface area contributed by atoms with Gasteiger partial charge in [0.25, 0.3) is 11.1 Å². The van der Waals surface area contributed by atoms with E-state index in [2.05, 4.69) is 20.2 Å². The van der Waals surface area contributed by atoms with Crippen LogP contribution in [-0.4, -0.2) is 29.5 Å². The summed E-state index contributed by atoms with van der Waals surface area (Å²) in [5.74, 6) is 0.409. The Morgan fingerprint density at radius 2 is 0.947 bits per heavy atom. The van der Waals surface area contributed by atoms with Crippen molar-refractivity contribution < 1.29 is 8.78 Å². The molecule has 0 aliphatic heterocycles. The molecule has 6 rings (SSSR count). The molecule has 10 heteroatoms. The summed E-state index contributed by atoms with van der Waals surface area (Å²) in [5.41, 5.74) is 2.31. The van der Waals surface area contributed by atoms with E-state index < -0.39 is 0 Å². The lowest BCUT2D eigenvalue weighted by atomic mass is 10.1. The molecule has 4 heterocycles. The number of hydrogen-bond acceptors (Lipinski definition) is 4. The molecule has 188 valence electrons. The first-order chi connectivity index (χ1) is 18.5. The third kappa shape index (κ3) is 5.39. The Morgan fingerprint density at radius 3 is 1.29 bits per heavy atom. The number of nitrogens with one attached hydrogen (secondary N) is 2. The van der Waals surface area contributed by atoms with Crippen molar-refractivity contribution in [3.63, 3.8) is 0 Å². The van der Waals surface area contributed by atoms with Crippen LogP contribution in [0.2, 0.25) is 0 Å². The molecule has 0 atom stereocenters. The van der Waals surface area contributed by atoms with Gasteiger partial charge in [0.1, 0.15) is 11.6 Å². The normalized spacial score (nSPS) is 10.6. The Hall–Kier alpha value is -5.38. The largest absolute Gasteiger partial charge is 0.289 e. The lowest BCUT2D eigenvalue weighted by Gasteiger charge is -2.00. The van der Waals surface area contributed by atoms with Gasteiger partial charge in [-0.2, -0.15) is 0 Å². The SMILES string of the molecule is O=c1cc(-c2ccc(F)cc2)[nH]n1-c1ccccn1.O=c1cc(-c2ccc(F)cc2)[nH]n1-c1ccccn1. The number of pyridine rings is 2. The van der Waals surface area contributed by atoms with Gasteiger partial charge in [-0.05, 0) is 83.9 Å². The zero-order valence-corrected chi connectivity index (χ0v) is 19.8. The van der Waals surface area contributed by atoms with Gasteiger partial charge in [-0.25, -0.2) is 28.1 Å². The molecular formula is C28H20F2N6O2. The average molecular weight is 511 g/mol. The van der Waals surface area contributed by atoms with Crippen LogP contribution in [0.1, 0.15) is 0 Å². The molecular weight excluding hydrogens is 490 g/mol. The fourth-order valence-corrected chi connectivity index (χ4v) is 3.66. The van der Waals surface area contributed by atoms with Crippen LogP contribution in [0.4, 0.5) is 8.78 Å². The topological polar surface area (TPSA) is 101 Å². The monoisotopic (exact) mass is 510 g/mol. The molecule has 2 aromatic carbocycles. The number of aromatic amines is 2. The highest BCUT2D eigenvalue weighted by Gasteiger charge is 2.08. The molecule has 0 radical (unpaired) electrons. The second-order valence-electron chi connectivity index (χ2n) is 8.08. The molecule has 0 saturated carbocycles. The van der Waals surface area contributed by atoms with E-state index in [1.54, 1.807) is 73.1 Å². The van der Waals surface area contributed by atoms with Crippen molar-refractivity contribution in [1.29, 1.82) is 0 Å². The molecule has 0 aliphatic rings. The van der Waals surface area contributed by atoms with E-state index in [0.29, 0.717) is 23.0 Å². The minimum Gasteiger partial charge on any atom is -0.289 e. The number of nitrogens with zero attached hydrogens (tertiary/aromatic N) is 4. The fraction of sp³-hybridized carbons (Fsp3) is 0. The van der Waals surface area contributed by atoms with Crippen LogP contribution >= 0.6 is 0 Å². The van der Waals surface area contributed by atoms with Crippen LogP contribution in [0.3, 0.4) is 0 Å². The van der Waals surface area contributed by atoms with Crippen LogP contribution in [-0.2, 0) is 0 Å². The second kappa shape index (κ2) is 10.7. The summed E-state index contributed by atoms with van der Waals surface area (Å²) in [6.45, 7) is 0. The van der Waals surface area contributed by atoms with Gasteiger partial charge in [0, 0.05) is 24.5 Å². The molecule has 6 aromatic rings. The average Bonchev–Trinajstić information content (AvgIpc) is 3.53. The number of halogens is 2. The first-order valence-corrected chi connectivity index (χ1v) is 11.5. The van der Waals surface area contributed by atoms with Crippen LogP contribution in [0.25, 0.3) is 34.2 Å². The number of H-pyrrole nitrogens is 2. The molecule has 0 unspecified atom stereocenters. The highest BCUT2D eigenvalue weighted by atomic mass is 19.1. The van der Waals surface area contributed by atoms with E-state index in [1.165, 1.54) is 45.8 Å². The summed E-state index contributed by atoms with van der Waals surface area (Å²) < 4.78 is 28.4. The highest BCUT2D eigenvalue weighted by molar-refractivity contribution is 5.59. The Balaban J connectivity index is 0.000000155. The van der Waals surface area contributed by atoms with Crippen LogP contribution in [0, 0.1) is 11.6 Å². The summed E-state index contributed by atoms with van der Waals surface area (Å²) in [6, 6.07) is 25.4. The predicted octanol–water partition coefficient (Wildman–Crippen LogP) is 4.73. The molecule has 8 nitrogen and oxygen atoms in total. The minimum absolute atomic E-state index is 0.210. The quantitative estimate of drug-likeness (QED) is 0.358. The van der Waals surface area contributed by atoms with Gasteiger partial charge < -0.3 is 0 Å². The van der Waals surface area contributed by atoms with Crippen molar-refractivity contribution in [2.24, 2.45) is 0 Å². The van der Waals surface area contributed by atoms with Crippen molar-refractivity contribution in [2.75, 3.05) is 0 Å². The lowest BCUT2D eigenvalue weighted by Crippen LogP contribution is -2.14. The van der Waals surface area contributed by atoms with Crippen LogP contribution < -0.4 is 11.1 Å². The molecule has 0 amide bonds. The van der Waals surface area contributed by atoms with Crippen molar-refractivity contribution >= 4 is 0 Å². The molecule has 0 saturated heterocycles. The summed E-state index contributed by atoms with van der Waals surface area (Å²) in [5, 5.41) is 5.91. The molecule has 4 aromatic heterocycles. The molecule has 2 N–H and O–H groups in total. The number of rotatable bonds is 4.